The summed E-state index contributed by atoms with van der Waals surface area (Å²) in [5.74, 6) is -0.807. The molecule has 0 saturated heterocycles. The molecule has 0 spiro atoms. The third-order valence-electron chi connectivity index (χ3n) is 3.06. The summed E-state index contributed by atoms with van der Waals surface area (Å²) in [5.41, 5.74) is 1.66. The molecule has 0 aliphatic rings. The van der Waals surface area contributed by atoms with Gasteiger partial charge in [-0.05, 0) is 44.9 Å². The molecule has 0 aliphatic carbocycles. The zero-order valence-electron chi connectivity index (χ0n) is 12.2. The highest BCUT2D eigenvalue weighted by Crippen LogP contribution is 2.12. The van der Waals surface area contributed by atoms with E-state index in [4.69, 9.17) is 5.11 Å². The first-order valence-corrected chi connectivity index (χ1v) is 6.82. The van der Waals surface area contributed by atoms with Gasteiger partial charge in [0.05, 0.1) is 0 Å². The van der Waals surface area contributed by atoms with Crippen LogP contribution < -0.4 is 5.32 Å². The largest absolute Gasteiger partial charge is 0.481 e. The fourth-order valence-electron chi connectivity index (χ4n) is 1.94. The van der Waals surface area contributed by atoms with Gasteiger partial charge in [-0.15, -0.1) is 0 Å². The lowest BCUT2D eigenvalue weighted by molar-refractivity contribution is -0.136. The van der Waals surface area contributed by atoms with Gasteiger partial charge in [0, 0.05) is 24.7 Å². The average Bonchev–Trinajstić information content (AvgIpc) is 2.38. The van der Waals surface area contributed by atoms with E-state index in [2.05, 4.69) is 5.32 Å². The van der Waals surface area contributed by atoms with Crippen molar-refractivity contribution in [3.8, 4) is 0 Å². The van der Waals surface area contributed by atoms with Crippen LogP contribution in [-0.2, 0) is 11.2 Å². The van der Waals surface area contributed by atoms with Crippen molar-refractivity contribution < 1.29 is 14.7 Å². The van der Waals surface area contributed by atoms with Crippen molar-refractivity contribution in [1.29, 1.82) is 0 Å². The fraction of sp³-hybridized carbons (Fsp3) is 0.467. The van der Waals surface area contributed by atoms with Gasteiger partial charge in [0.2, 0.25) is 0 Å². The maximum Gasteiger partial charge on any atom is 0.322 e. The number of carboxylic acid groups (broad SMARTS) is 1. The number of hydrogen-bond donors (Lipinski definition) is 2. The predicted molar refractivity (Wildman–Crippen MR) is 78.9 cm³/mol. The van der Waals surface area contributed by atoms with Crippen LogP contribution in [0.5, 0.6) is 0 Å². The molecule has 110 valence electrons. The van der Waals surface area contributed by atoms with E-state index in [9.17, 15) is 9.59 Å². The van der Waals surface area contributed by atoms with Gasteiger partial charge < -0.3 is 15.3 Å². The summed E-state index contributed by atoms with van der Waals surface area (Å²) < 4.78 is 0. The minimum atomic E-state index is -0.807. The van der Waals surface area contributed by atoms with E-state index in [0.717, 1.165) is 5.56 Å². The molecular formula is C15H22N2O3. The number of nitrogens with one attached hydrogen (secondary N) is 1. The molecule has 0 aromatic heterocycles. The van der Waals surface area contributed by atoms with Crippen molar-refractivity contribution in [1.82, 2.24) is 4.90 Å². The molecule has 5 heteroatoms. The summed E-state index contributed by atoms with van der Waals surface area (Å²) in [4.78, 5) is 24.3. The molecule has 0 heterocycles. The van der Waals surface area contributed by atoms with Crippen LogP contribution in [0.15, 0.2) is 24.3 Å². The van der Waals surface area contributed by atoms with Crippen LogP contribution in [-0.4, -0.2) is 34.6 Å². The molecule has 0 fully saturated rings. The lowest BCUT2D eigenvalue weighted by Gasteiger charge is -2.25. The van der Waals surface area contributed by atoms with Gasteiger partial charge in [-0.2, -0.15) is 0 Å². The Kier molecular flexibility index (Phi) is 6.03. The lowest BCUT2D eigenvalue weighted by atomic mass is 10.1. The van der Waals surface area contributed by atoms with E-state index in [-0.39, 0.29) is 18.5 Å². The van der Waals surface area contributed by atoms with Gasteiger partial charge in [-0.25, -0.2) is 4.79 Å². The fourth-order valence-corrected chi connectivity index (χ4v) is 1.94. The van der Waals surface area contributed by atoms with Crippen molar-refractivity contribution in [2.24, 2.45) is 0 Å². The van der Waals surface area contributed by atoms with Crippen LogP contribution in [0.4, 0.5) is 10.5 Å². The normalized spacial score (nSPS) is 10.4. The van der Waals surface area contributed by atoms with E-state index < -0.39 is 5.97 Å². The summed E-state index contributed by atoms with van der Waals surface area (Å²) in [6.07, 6.45) is 0.610. The van der Waals surface area contributed by atoms with Gasteiger partial charge in [0.25, 0.3) is 0 Å². The van der Waals surface area contributed by atoms with Gasteiger partial charge in [-0.3, -0.25) is 4.79 Å². The number of rotatable bonds is 6. The van der Waals surface area contributed by atoms with E-state index in [0.29, 0.717) is 18.7 Å². The first-order chi connectivity index (χ1) is 9.43. The van der Waals surface area contributed by atoms with E-state index in [1.807, 2.05) is 32.9 Å². The maximum atomic E-state index is 12.0. The number of nitrogens with zero attached hydrogens (tertiary/aromatic N) is 1. The van der Waals surface area contributed by atoms with Crippen LogP contribution in [0.25, 0.3) is 0 Å². The topological polar surface area (TPSA) is 69.6 Å². The first-order valence-electron chi connectivity index (χ1n) is 6.82. The number of aryl methyl sites for hydroxylation is 1. The number of carbonyl (C=O) groups excluding carboxylic acids is 1. The number of amides is 2. The van der Waals surface area contributed by atoms with Gasteiger partial charge in [-0.1, -0.05) is 12.1 Å². The van der Waals surface area contributed by atoms with Gasteiger partial charge >= 0.3 is 12.0 Å². The second-order valence-electron chi connectivity index (χ2n) is 4.90. The standard InChI is InChI=1S/C15H22N2O3/c1-4-17(11(2)3)15(20)16-13-8-5-12(6-9-13)7-10-14(18)19/h5-6,8-9,11H,4,7,10H2,1-3H3,(H,16,20)(H,18,19). The smallest absolute Gasteiger partial charge is 0.322 e. The summed E-state index contributed by atoms with van der Waals surface area (Å²) in [6.45, 7) is 6.53. The van der Waals surface area contributed by atoms with Crippen LogP contribution in [0.2, 0.25) is 0 Å². The Morgan fingerprint density at radius 3 is 2.30 bits per heavy atom. The van der Waals surface area contributed by atoms with E-state index in [1.165, 1.54) is 0 Å². The second-order valence-corrected chi connectivity index (χ2v) is 4.90. The van der Waals surface area contributed by atoms with Crippen molar-refractivity contribution in [2.75, 3.05) is 11.9 Å². The number of urea groups is 1. The Bertz CT molecular complexity index is 455. The highest BCUT2D eigenvalue weighted by Gasteiger charge is 2.14. The molecule has 2 amide bonds. The molecule has 2 N–H and O–H groups in total. The number of hydrogen-bond acceptors (Lipinski definition) is 2. The molecule has 0 unspecified atom stereocenters. The minimum absolute atomic E-state index is 0.114. The lowest BCUT2D eigenvalue weighted by Crippen LogP contribution is -2.39. The van der Waals surface area contributed by atoms with Crippen molar-refractivity contribution >= 4 is 17.7 Å². The zero-order valence-corrected chi connectivity index (χ0v) is 12.2. The number of anilines is 1. The van der Waals surface area contributed by atoms with Crippen LogP contribution in [0.1, 0.15) is 32.8 Å². The van der Waals surface area contributed by atoms with Crippen LogP contribution in [0.3, 0.4) is 0 Å². The number of carboxylic acids is 1. The highest BCUT2D eigenvalue weighted by molar-refractivity contribution is 5.89. The van der Waals surface area contributed by atoms with Gasteiger partial charge in [0.15, 0.2) is 0 Å². The summed E-state index contributed by atoms with van der Waals surface area (Å²) in [6, 6.07) is 7.29. The van der Waals surface area contributed by atoms with Crippen molar-refractivity contribution in [3.05, 3.63) is 29.8 Å². The van der Waals surface area contributed by atoms with E-state index >= 15 is 0 Å². The quantitative estimate of drug-likeness (QED) is 0.840. The van der Waals surface area contributed by atoms with Crippen molar-refractivity contribution in [3.63, 3.8) is 0 Å². The second kappa shape index (κ2) is 7.53. The monoisotopic (exact) mass is 278 g/mol. The summed E-state index contributed by atoms with van der Waals surface area (Å²) in [5, 5.41) is 11.5. The van der Waals surface area contributed by atoms with Crippen molar-refractivity contribution in [2.45, 2.75) is 39.7 Å². The third-order valence-corrected chi connectivity index (χ3v) is 3.06. The molecule has 0 bridgehead atoms. The number of benzene rings is 1. The first kappa shape index (κ1) is 16.0. The molecule has 1 rings (SSSR count). The Hall–Kier alpha value is -2.04. The SMILES string of the molecule is CCN(C(=O)Nc1ccc(CCC(=O)O)cc1)C(C)C. The Labute approximate surface area is 119 Å². The Morgan fingerprint density at radius 1 is 1.25 bits per heavy atom. The molecule has 0 saturated carbocycles. The Morgan fingerprint density at radius 2 is 1.85 bits per heavy atom. The Balaban J connectivity index is 2.60. The van der Waals surface area contributed by atoms with Gasteiger partial charge in [0.1, 0.15) is 0 Å². The molecular weight excluding hydrogens is 256 g/mol. The molecule has 0 atom stereocenters. The molecule has 0 aliphatic heterocycles. The summed E-state index contributed by atoms with van der Waals surface area (Å²) >= 11 is 0. The summed E-state index contributed by atoms with van der Waals surface area (Å²) in [7, 11) is 0. The molecule has 1 aromatic rings. The molecule has 5 nitrogen and oxygen atoms in total. The number of carbonyl (C=O) groups is 2. The van der Waals surface area contributed by atoms with Crippen LogP contribution >= 0.6 is 0 Å². The minimum Gasteiger partial charge on any atom is -0.481 e. The van der Waals surface area contributed by atoms with E-state index in [1.54, 1.807) is 17.0 Å². The molecule has 0 radical (unpaired) electrons. The maximum absolute atomic E-state index is 12.0. The number of aliphatic carboxylic acids is 1. The predicted octanol–water partition coefficient (Wildman–Crippen LogP) is 2.97. The highest BCUT2D eigenvalue weighted by atomic mass is 16.4. The zero-order chi connectivity index (χ0) is 15.1. The molecule has 20 heavy (non-hydrogen) atoms. The third kappa shape index (κ3) is 4.91. The molecule has 1 aromatic carbocycles. The average molecular weight is 278 g/mol. The van der Waals surface area contributed by atoms with Crippen LogP contribution in [0, 0.1) is 0 Å².